The van der Waals surface area contributed by atoms with Crippen LogP contribution in [0.3, 0.4) is 0 Å². The molecule has 2 nitrogen and oxygen atoms in total. The molecule has 0 aromatic heterocycles. The second-order valence-corrected chi connectivity index (χ2v) is 3.03. The maximum absolute atomic E-state index is 12.1. The molecule has 66 valence electrons. The van der Waals surface area contributed by atoms with Crippen molar-refractivity contribution >= 4 is 0 Å². The van der Waals surface area contributed by atoms with Crippen LogP contribution in [0.5, 0.6) is 0 Å². The van der Waals surface area contributed by atoms with Gasteiger partial charge in [0.15, 0.2) is 0 Å². The lowest BCUT2D eigenvalue weighted by atomic mass is 10.1. The summed E-state index contributed by atoms with van der Waals surface area (Å²) in [5.74, 6) is -1.34. The predicted octanol–water partition coefficient (Wildman–Crippen LogP) is 0.438. The van der Waals surface area contributed by atoms with E-state index in [1.807, 2.05) is 0 Å². The van der Waals surface area contributed by atoms with E-state index in [4.69, 9.17) is 5.73 Å². The molecule has 5 heteroatoms. The van der Waals surface area contributed by atoms with Gasteiger partial charge in [0.05, 0.1) is 5.92 Å². The van der Waals surface area contributed by atoms with Gasteiger partial charge in [0.2, 0.25) is 0 Å². The maximum atomic E-state index is 12.1. The van der Waals surface area contributed by atoms with Gasteiger partial charge in [-0.15, -0.1) is 0 Å². The summed E-state index contributed by atoms with van der Waals surface area (Å²) < 4.78 is 36.2. The lowest BCUT2D eigenvalue weighted by molar-refractivity contribution is -0.173. The minimum Gasteiger partial charge on any atom is -0.326 e. The second kappa shape index (κ2) is 2.64. The highest BCUT2D eigenvalue weighted by molar-refractivity contribution is 4.89. The number of likely N-dealkylation sites (N-methyl/N-ethyl adjacent to an activating group) is 1. The van der Waals surface area contributed by atoms with E-state index in [9.17, 15) is 13.2 Å². The number of nitrogens with zero attached hydrogens (tertiary/aromatic N) is 1. The molecule has 1 aliphatic rings. The molecule has 0 aromatic rings. The highest BCUT2D eigenvalue weighted by Crippen LogP contribution is 2.32. The summed E-state index contributed by atoms with van der Waals surface area (Å²) in [4.78, 5) is 1.60. The molecular formula is C6H11F3N2. The Kier molecular flexibility index (Phi) is 2.11. The summed E-state index contributed by atoms with van der Waals surface area (Å²) in [6.07, 6.45) is -4.13. The smallest absolute Gasteiger partial charge is 0.326 e. The zero-order valence-corrected chi connectivity index (χ0v) is 6.23. The molecular weight excluding hydrogens is 157 g/mol. The average molecular weight is 168 g/mol. The zero-order valence-electron chi connectivity index (χ0n) is 6.23. The van der Waals surface area contributed by atoms with Gasteiger partial charge < -0.3 is 10.6 Å². The van der Waals surface area contributed by atoms with Gasteiger partial charge in [-0.05, 0) is 7.05 Å². The first-order valence-corrected chi connectivity index (χ1v) is 3.42. The first-order chi connectivity index (χ1) is 4.91. The average Bonchev–Trinajstić information content (AvgIpc) is 2.08. The molecule has 2 atom stereocenters. The first kappa shape index (κ1) is 8.80. The summed E-state index contributed by atoms with van der Waals surface area (Å²) >= 11 is 0. The van der Waals surface area contributed by atoms with Crippen LogP contribution in [0.1, 0.15) is 0 Å². The summed E-state index contributed by atoms with van der Waals surface area (Å²) in [5, 5.41) is 0. The SMILES string of the molecule is CN1CC(N)C(C(F)(F)F)C1. The monoisotopic (exact) mass is 168 g/mol. The van der Waals surface area contributed by atoms with Crippen molar-refractivity contribution in [1.82, 2.24) is 4.90 Å². The van der Waals surface area contributed by atoms with Crippen LogP contribution < -0.4 is 5.73 Å². The summed E-state index contributed by atoms with van der Waals surface area (Å²) in [6, 6.07) is -0.750. The Hall–Kier alpha value is -0.290. The van der Waals surface area contributed by atoms with Gasteiger partial charge in [-0.1, -0.05) is 0 Å². The van der Waals surface area contributed by atoms with Gasteiger partial charge in [0.1, 0.15) is 0 Å². The molecule has 0 aromatic carbocycles. The molecule has 0 radical (unpaired) electrons. The van der Waals surface area contributed by atoms with Crippen LogP contribution in [0.4, 0.5) is 13.2 Å². The minimum atomic E-state index is -4.13. The Balaban J connectivity index is 2.60. The van der Waals surface area contributed by atoms with Crippen LogP contribution in [-0.4, -0.2) is 37.3 Å². The number of rotatable bonds is 0. The minimum absolute atomic E-state index is 0.0324. The van der Waals surface area contributed by atoms with E-state index in [1.54, 1.807) is 11.9 Å². The molecule has 0 spiro atoms. The van der Waals surface area contributed by atoms with Crippen molar-refractivity contribution < 1.29 is 13.2 Å². The molecule has 1 rings (SSSR count). The van der Waals surface area contributed by atoms with Gasteiger partial charge in [0, 0.05) is 19.1 Å². The van der Waals surface area contributed by atoms with Gasteiger partial charge in [-0.25, -0.2) is 0 Å². The van der Waals surface area contributed by atoms with Crippen molar-refractivity contribution in [2.24, 2.45) is 11.7 Å². The molecule has 1 heterocycles. The first-order valence-electron chi connectivity index (χ1n) is 3.42. The van der Waals surface area contributed by atoms with E-state index in [0.29, 0.717) is 6.54 Å². The summed E-state index contributed by atoms with van der Waals surface area (Å²) in [6.45, 7) is 0.370. The Morgan fingerprint density at radius 1 is 1.36 bits per heavy atom. The third kappa shape index (κ3) is 1.84. The quantitative estimate of drug-likeness (QED) is 0.568. The molecule has 0 amide bonds. The van der Waals surface area contributed by atoms with Crippen molar-refractivity contribution in [2.45, 2.75) is 12.2 Å². The van der Waals surface area contributed by atoms with Gasteiger partial charge in [-0.2, -0.15) is 13.2 Å². The van der Waals surface area contributed by atoms with Gasteiger partial charge >= 0.3 is 6.18 Å². The Labute approximate surface area is 63.2 Å². The molecule has 0 saturated carbocycles. The molecule has 0 aliphatic carbocycles. The molecule has 1 fully saturated rings. The van der Waals surface area contributed by atoms with E-state index < -0.39 is 18.1 Å². The van der Waals surface area contributed by atoms with Crippen LogP contribution in [-0.2, 0) is 0 Å². The van der Waals surface area contributed by atoms with E-state index in [2.05, 4.69) is 0 Å². The number of halogens is 3. The molecule has 2 unspecified atom stereocenters. The summed E-state index contributed by atoms with van der Waals surface area (Å²) in [7, 11) is 1.64. The highest BCUT2D eigenvalue weighted by Gasteiger charge is 2.47. The number of hydrogen-bond acceptors (Lipinski definition) is 2. The molecule has 2 N–H and O–H groups in total. The lowest BCUT2D eigenvalue weighted by Gasteiger charge is -2.17. The molecule has 1 saturated heterocycles. The Morgan fingerprint density at radius 3 is 2.09 bits per heavy atom. The van der Waals surface area contributed by atoms with Crippen molar-refractivity contribution in [3.05, 3.63) is 0 Å². The van der Waals surface area contributed by atoms with Crippen LogP contribution in [0.25, 0.3) is 0 Å². The number of alkyl halides is 3. The van der Waals surface area contributed by atoms with E-state index >= 15 is 0 Å². The van der Waals surface area contributed by atoms with Crippen LogP contribution >= 0.6 is 0 Å². The fourth-order valence-corrected chi connectivity index (χ4v) is 1.38. The number of likely N-dealkylation sites (tertiary alicyclic amines) is 1. The number of hydrogen-bond donors (Lipinski definition) is 1. The third-order valence-electron chi connectivity index (χ3n) is 1.97. The van der Waals surface area contributed by atoms with Crippen molar-refractivity contribution in [2.75, 3.05) is 20.1 Å². The standard InChI is InChI=1S/C6H11F3N2/c1-11-2-4(5(10)3-11)6(7,8)9/h4-5H,2-3,10H2,1H3. The van der Waals surface area contributed by atoms with Gasteiger partial charge in [0.25, 0.3) is 0 Å². The Bertz CT molecular complexity index is 145. The predicted molar refractivity (Wildman–Crippen MR) is 35.0 cm³/mol. The normalized spacial score (nSPS) is 34.6. The van der Waals surface area contributed by atoms with Crippen LogP contribution in [0.2, 0.25) is 0 Å². The Morgan fingerprint density at radius 2 is 1.91 bits per heavy atom. The fraction of sp³-hybridized carbons (Fsp3) is 1.00. The van der Waals surface area contributed by atoms with E-state index in [1.165, 1.54) is 0 Å². The molecule has 11 heavy (non-hydrogen) atoms. The van der Waals surface area contributed by atoms with Crippen molar-refractivity contribution in [1.29, 1.82) is 0 Å². The van der Waals surface area contributed by atoms with Crippen LogP contribution in [0.15, 0.2) is 0 Å². The molecule has 0 bridgehead atoms. The summed E-state index contributed by atoms with van der Waals surface area (Å²) in [5.41, 5.74) is 5.29. The highest BCUT2D eigenvalue weighted by atomic mass is 19.4. The van der Waals surface area contributed by atoms with E-state index in [-0.39, 0.29) is 6.54 Å². The zero-order chi connectivity index (χ0) is 8.65. The van der Waals surface area contributed by atoms with Crippen molar-refractivity contribution in [3.63, 3.8) is 0 Å². The second-order valence-electron chi connectivity index (χ2n) is 3.03. The van der Waals surface area contributed by atoms with Crippen molar-refractivity contribution in [3.8, 4) is 0 Å². The third-order valence-corrected chi connectivity index (χ3v) is 1.97. The lowest BCUT2D eigenvalue weighted by Crippen LogP contribution is -2.38. The topological polar surface area (TPSA) is 29.3 Å². The fourth-order valence-electron chi connectivity index (χ4n) is 1.38. The number of nitrogens with two attached hydrogens (primary N) is 1. The molecule has 1 aliphatic heterocycles. The largest absolute Gasteiger partial charge is 0.394 e. The van der Waals surface area contributed by atoms with E-state index in [0.717, 1.165) is 0 Å². The van der Waals surface area contributed by atoms with Gasteiger partial charge in [-0.3, -0.25) is 0 Å². The van der Waals surface area contributed by atoms with Crippen LogP contribution in [0, 0.1) is 5.92 Å². The maximum Gasteiger partial charge on any atom is 0.394 e.